The Bertz CT molecular complexity index is 768. The lowest BCUT2D eigenvalue weighted by Gasteiger charge is -2.08. The van der Waals surface area contributed by atoms with Gasteiger partial charge in [0.25, 0.3) is 5.56 Å². The standard InChI is InChI=1S/C14H13N3O3/c1-10-9-17(14(19)16-13(10)18)5-6-20-12-4-2-3-11(7-12)8-15/h2-4,7,9H,5-6H2,1H3,(H,16,18,19). The van der Waals surface area contributed by atoms with Crippen LogP contribution in [0.3, 0.4) is 0 Å². The largest absolute Gasteiger partial charge is 0.492 e. The number of nitrogens with zero attached hydrogens (tertiary/aromatic N) is 2. The summed E-state index contributed by atoms with van der Waals surface area (Å²) >= 11 is 0. The Morgan fingerprint density at radius 3 is 2.95 bits per heavy atom. The number of rotatable bonds is 4. The number of H-pyrrole nitrogens is 1. The Labute approximate surface area is 114 Å². The maximum Gasteiger partial charge on any atom is 0.328 e. The van der Waals surface area contributed by atoms with Crippen molar-refractivity contribution in [2.45, 2.75) is 13.5 Å². The van der Waals surface area contributed by atoms with Gasteiger partial charge in [-0.25, -0.2) is 4.79 Å². The van der Waals surface area contributed by atoms with Gasteiger partial charge in [-0.1, -0.05) is 6.07 Å². The molecule has 1 heterocycles. The van der Waals surface area contributed by atoms with Crippen LogP contribution in [0.2, 0.25) is 0 Å². The summed E-state index contributed by atoms with van der Waals surface area (Å²) in [5.74, 6) is 0.568. The second-order valence-electron chi connectivity index (χ2n) is 4.25. The van der Waals surface area contributed by atoms with Crippen LogP contribution in [0.4, 0.5) is 0 Å². The molecule has 0 aliphatic heterocycles. The zero-order chi connectivity index (χ0) is 14.5. The number of nitrogens with one attached hydrogen (secondary N) is 1. The lowest BCUT2D eigenvalue weighted by atomic mass is 10.2. The van der Waals surface area contributed by atoms with E-state index in [1.54, 1.807) is 31.2 Å². The fourth-order valence-corrected chi connectivity index (χ4v) is 1.70. The summed E-state index contributed by atoms with van der Waals surface area (Å²) in [6.45, 7) is 2.21. The van der Waals surface area contributed by atoms with E-state index in [4.69, 9.17) is 10.00 Å². The molecule has 0 unspecified atom stereocenters. The van der Waals surface area contributed by atoms with Crippen LogP contribution in [0, 0.1) is 18.3 Å². The SMILES string of the molecule is Cc1cn(CCOc2cccc(C#N)c2)c(=O)[nH]c1=O. The van der Waals surface area contributed by atoms with Crippen molar-refractivity contribution in [2.24, 2.45) is 0 Å². The maximum atomic E-state index is 11.5. The van der Waals surface area contributed by atoms with Crippen LogP contribution >= 0.6 is 0 Å². The maximum absolute atomic E-state index is 11.5. The number of aromatic nitrogens is 2. The molecule has 6 nitrogen and oxygen atoms in total. The fourth-order valence-electron chi connectivity index (χ4n) is 1.70. The van der Waals surface area contributed by atoms with Crippen molar-refractivity contribution in [1.29, 1.82) is 5.26 Å². The lowest BCUT2D eigenvalue weighted by molar-refractivity contribution is 0.295. The van der Waals surface area contributed by atoms with Gasteiger partial charge < -0.3 is 4.74 Å². The molecule has 0 bridgehead atoms. The van der Waals surface area contributed by atoms with Crippen molar-refractivity contribution in [3.8, 4) is 11.8 Å². The third kappa shape index (κ3) is 3.14. The monoisotopic (exact) mass is 271 g/mol. The highest BCUT2D eigenvalue weighted by Gasteiger charge is 2.01. The quantitative estimate of drug-likeness (QED) is 0.890. The minimum absolute atomic E-state index is 0.264. The van der Waals surface area contributed by atoms with Gasteiger partial charge in [0.05, 0.1) is 18.2 Å². The number of hydrogen-bond donors (Lipinski definition) is 1. The Morgan fingerprint density at radius 2 is 2.20 bits per heavy atom. The molecule has 20 heavy (non-hydrogen) atoms. The third-order valence-corrected chi connectivity index (χ3v) is 2.75. The van der Waals surface area contributed by atoms with Crippen molar-refractivity contribution < 1.29 is 4.74 Å². The molecule has 102 valence electrons. The van der Waals surface area contributed by atoms with Crippen LogP contribution in [0.25, 0.3) is 0 Å². The first-order valence-corrected chi connectivity index (χ1v) is 6.03. The topological polar surface area (TPSA) is 87.9 Å². The molecule has 0 saturated heterocycles. The molecule has 1 aromatic heterocycles. The molecule has 0 aliphatic carbocycles. The molecule has 6 heteroatoms. The Morgan fingerprint density at radius 1 is 1.40 bits per heavy atom. The molecule has 0 fully saturated rings. The lowest BCUT2D eigenvalue weighted by Crippen LogP contribution is -2.32. The molecule has 0 saturated carbocycles. The summed E-state index contributed by atoms with van der Waals surface area (Å²) in [6.07, 6.45) is 1.50. The van der Waals surface area contributed by atoms with E-state index in [0.29, 0.717) is 23.4 Å². The normalized spacial score (nSPS) is 10.0. The van der Waals surface area contributed by atoms with E-state index >= 15 is 0 Å². The number of ether oxygens (including phenoxy) is 1. The van der Waals surface area contributed by atoms with Crippen molar-refractivity contribution in [3.05, 3.63) is 62.4 Å². The van der Waals surface area contributed by atoms with E-state index in [1.807, 2.05) is 6.07 Å². The van der Waals surface area contributed by atoms with Gasteiger partial charge in [-0.3, -0.25) is 14.3 Å². The Kier molecular flexibility index (Phi) is 4.01. The van der Waals surface area contributed by atoms with Crippen LogP contribution in [0.1, 0.15) is 11.1 Å². The Balaban J connectivity index is 2.03. The highest BCUT2D eigenvalue weighted by atomic mass is 16.5. The highest BCUT2D eigenvalue weighted by Crippen LogP contribution is 2.12. The minimum Gasteiger partial charge on any atom is -0.492 e. The predicted molar refractivity (Wildman–Crippen MR) is 72.7 cm³/mol. The van der Waals surface area contributed by atoms with Gasteiger partial charge in [-0.15, -0.1) is 0 Å². The van der Waals surface area contributed by atoms with Crippen LogP contribution < -0.4 is 16.0 Å². The summed E-state index contributed by atoms with van der Waals surface area (Å²) in [4.78, 5) is 25.0. The first kappa shape index (κ1) is 13.6. The van der Waals surface area contributed by atoms with E-state index in [0.717, 1.165) is 0 Å². The van der Waals surface area contributed by atoms with E-state index in [9.17, 15) is 9.59 Å². The zero-order valence-corrected chi connectivity index (χ0v) is 10.9. The van der Waals surface area contributed by atoms with Crippen molar-refractivity contribution in [3.63, 3.8) is 0 Å². The second-order valence-corrected chi connectivity index (χ2v) is 4.25. The molecule has 1 N–H and O–H groups in total. The van der Waals surface area contributed by atoms with Crippen LogP contribution in [0.15, 0.2) is 40.1 Å². The molecule has 0 spiro atoms. The summed E-state index contributed by atoms with van der Waals surface area (Å²) < 4.78 is 6.85. The molecule has 0 radical (unpaired) electrons. The van der Waals surface area contributed by atoms with Gasteiger partial charge in [0.2, 0.25) is 0 Å². The second kappa shape index (κ2) is 5.89. The van der Waals surface area contributed by atoms with Crippen molar-refractivity contribution in [2.75, 3.05) is 6.61 Å². The predicted octanol–water partition coefficient (Wildman–Crippen LogP) is 0.796. The van der Waals surface area contributed by atoms with Gasteiger partial charge in [-0.05, 0) is 25.1 Å². The number of nitriles is 1. The molecular formula is C14H13N3O3. The third-order valence-electron chi connectivity index (χ3n) is 2.75. The molecule has 1 aromatic carbocycles. The van der Waals surface area contributed by atoms with E-state index < -0.39 is 5.69 Å². The van der Waals surface area contributed by atoms with Crippen LogP contribution in [-0.4, -0.2) is 16.2 Å². The summed E-state index contributed by atoms with van der Waals surface area (Å²) in [7, 11) is 0. The summed E-state index contributed by atoms with van der Waals surface area (Å²) in [6, 6.07) is 8.80. The van der Waals surface area contributed by atoms with Gasteiger partial charge in [0.15, 0.2) is 0 Å². The molecule has 2 aromatic rings. The van der Waals surface area contributed by atoms with Crippen LogP contribution in [-0.2, 0) is 6.54 Å². The van der Waals surface area contributed by atoms with Crippen LogP contribution in [0.5, 0.6) is 5.75 Å². The van der Waals surface area contributed by atoms with Gasteiger partial charge in [-0.2, -0.15) is 5.26 Å². The Hall–Kier alpha value is -2.81. The van der Waals surface area contributed by atoms with Crippen molar-refractivity contribution in [1.82, 2.24) is 9.55 Å². The van der Waals surface area contributed by atoms with Gasteiger partial charge in [0, 0.05) is 11.8 Å². The number of aromatic amines is 1. The first-order valence-electron chi connectivity index (χ1n) is 6.03. The minimum atomic E-state index is -0.463. The summed E-state index contributed by atoms with van der Waals surface area (Å²) in [5.41, 5.74) is 0.138. The number of aryl methyl sites for hydroxylation is 1. The smallest absolute Gasteiger partial charge is 0.328 e. The molecule has 0 aliphatic rings. The average Bonchev–Trinajstić information content (AvgIpc) is 2.44. The molecule has 2 rings (SSSR count). The summed E-state index contributed by atoms with van der Waals surface area (Å²) in [5, 5.41) is 8.77. The zero-order valence-electron chi connectivity index (χ0n) is 10.9. The van der Waals surface area contributed by atoms with E-state index in [2.05, 4.69) is 4.98 Å². The molecule has 0 atom stereocenters. The van der Waals surface area contributed by atoms with E-state index in [-0.39, 0.29) is 12.2 Å². The number of hydrogen-bond acceptors (Lipinski definition) is 4. The molecular weight excluding hydrogens is 258 g/mol. The number of benzene rings is 1. The first-order chi connectivity index (χ1) is 9.60. The van der Waals surface area contributed by atoms with Crippen molar-refractivity contribution >= 4 is 0 Å². The average molecular weight is 271 g/mol. The van der Waals surface area contributed by atoms with Gasteiger partial charge >= 0.3 is 5.69 Å². The fraction of sp³-hybridized carbons (Fsp3) is 0.214. The van der Waals surface area contributed by atoms with Gasteiger partial charge in [0.1, 0.15) is 12.4 Å². The highest BCUT2D eigenvalue weighted by molar-refractivity contribution is 5.36. The van der Waals surface area contributed by atoms with E-state index in [1.165, 1.54) is 10.8 Å². The molecule has 0 amide bonds.